The fourth-order valence-corrected chi connectivity index (χ4v) is 3.50. The van der Waals surface area contributed by atoms with Crippen molar-refractivity contribution in [2.75, 3.05) is 13.1 Å². The number of rotatable bonds is 5. The first-order valence-corrected chi connectivity index (χ1v) is 9.22. The highest BCUT2D eigenvalue weighted by Crippen LogP contribution is 2.26. The SMILES string of the molecule is CC(F)(F)Oc1ccccc1Cc1nc2c(cnn2C2CCCNC2)c(=O)[nH]1. The lowest BCUT2D eigenvalue weighted by Gasteiger charge is -2.23. The molecule has 28 heavy (non-hydrogen) atoms. The highest BCUT2D eigenvalue weighted by atomic mass is 19.3. The van der Waals surface area contributed by atoms with Crippen LogP contribution in [0.4, 0.5) is 8.78 Å². The molecule has 3 aromatic rings. The van der Waals surface area contributed by atoms with Crippen molar-refractivity contribution in [3.8, 4) is 5.75 Å². The van der Waals surface area contributed by atoms with E-state index >= 15 is 0 Å². The lowest BCUT2D eigenvalue weighted by molar-refractivity contribution is -0.159. The summed E-state index contributed by atoms with van der Waals surface area (Å²) in [4.78, 5) is 19.8. The van der Waals surface area contributed by atoms with Crippen molar-refractivity contribution >= 4 is 11.0 Å². The van der Waals surface area contributed by atoms with Crippen molar-refractivity contribution in [1.29, 1.82) is 0 Å². The number of aromatic nitrogens is 4. The fourth-order valence-electron chi connectivity index (χ4n) is 3.50. The predicted octanol–water partition coefficient (Wildman–Crippen LogP) is 2.63. The highest BCUT2D eigenvalue weighted by molar-refractivity contribution is 5.73. The Bertz CT molecular complexity index is 1030. The number of fused-ring (bicyclic) bond motifs is 1. The molecule has 0 saturated carbocycles. The van der Waals surface area contributed by atoms with Gasteiger partial charge in [0.05, 0.1) is 12.2 Å². The summed E-state index contributed by atoms with van der Waals surface area (Å²) in [7, 11) is 0. The monoisotopic (exact) mass is 389 g/mol. The Balaban J connectivity index is 1.69. The zero-order valence-electron chi connectivity index (χ0n) is 15.4. The van der Waals surface area contributed by atoms with Gasteiger partial charge in [-0.1, -0.05) is 18.2 Å². The minimum absolute atomic E-state index is 0.0581. The standard InChI is InChI=1S/C19H21F2N5O2/c1-19(20,21)28-15-7-3-2-5-12(15)9-16-24-17-14(18(27)25-16)11-23-26(17)13-6-4-8-22-10-13/h2-3,5,7,11,13,22H,4,6,8-10H2,1H3,(H,24,25,27). The Morgan fingerprint density at radius 1 is 1.36 bits per heavy atom. The molecule has 1 aromatic carbocycles. The van der Waals surface area contributed by atoms with E-state index in [9.17, 15) is 13.6 Å². The van der Waals surface area contributed by atoms with Crippen LogP contribution in [0.1, 0.15) is 37.2 Å². The number of hydrogen-bond acceptors (Lipinski definition) is 5. The van der Waals surface area contributed by atoms with Gasteiger partial charge < -0.3 is 15.0 Å². The number of H-pyrrole nitrogens is 1. The van der Waals surface area contributed by atoms with Gasteiger partial charge in [0.2, 0.25) is 0 Å². The topological polar surface area (TPSA) is 84.8 Å². The molecule has 9 heteroatoms. The molecule has 1 aliphatic heterocycles. The summed E-state index contributed by atoms with van der Waals surface area (Å²) in [5.74, 6) is 0.432. The number of benzene rings is 1. The average Bonchev–Trinajstić information content (AvgIpc) is 3.07. The van der Waals surface area contributed by atoms with Crippen molar-refractivity contribution in [2.45, 2.75) is 38.3 Å². The maximum absolute atomic E-state index is 13.3. The quantitative estimate of drug-likeness (QED) is 0.701. The van der Waals surface area contributed by atoms with E-state index in [0.717, 1.165) is 25.9 Å². The van der Waals surface area contributed by atoms with Gasteiger partial charge in [-0.05, 0) is 25.5 Å². The first kappa shape index (κ1) is 18.5. The molecule has 4 rings (SSSR count). The van der Waals surface area contributed by atoms with Crippen molar-refractivity contribution in [1.82, 2.24) is 25.1 Å². The van der Waals surface area contributed by atoms with Crippen molar-refractivity contribution in [3.05, 3.63) is 52.2 Å². The van der Waals surface area contributed by atoms with Crippen LogP contribution in [0.5, 0.6) is 5.75 Å². The Kier molecular flexibility index (Phi) is 4.84. The molecule has 0 bridgehead atoms. The molecule has 0 aliphatic carbocycles. The lowest BCUT2D eigenvalue weighted by Crippen LogP contribution is -2.32. The molecule has 3 heterocycles. The molecule has 1 aliphatic rings. The summed E-state index contributed by atoms with van der Waals surface area (Å²) in [6.45, 7) is 2.42. The second-order valence-corrected chi connectivity index (χ2v) is 7.03. The maximum Gasteiger partial charge on any atom is 0.394 e. The zero-order valence-corrected chi connectivity index (χ0v) is 15.4. The molecule has 2 aromatic heterocycles. The summed E-state index contributed by atoms with van der Waals surface area (Å²) in [5, 5.41) is 8.10. The first-order valence-electron chi connectivity index (χ1n) is 9.22. The number of para-hydroxylation sites is 1. The molecule has 1 saturated heterocycles. The molecule has 0 amide bonds. The summed E-state index contributed by atoms with van der Waals surface area (Å²) < 4.78 is 33.1. The minimum atomic E-state index is -3.30. The minimum Gasteiger partial charge on any atom is -0.432 e. The van der Waals surface area contributed by atoms with Gasteiger partial charge in [-0.2, -0.15) is 13.9 Å². The Morgan fingerprint density at radius 2 is 2.18 bits per heavy atom. The molecule has 1 atom stereocenters. The van der Waals surface area contributed by atoms with E-state index in [1.54, 1.807) is 22.9 Å². The zero-order chi connectivity index (χ0) is 19.7. The molecule has 0 spiro atoms. The van der Waals surface area contributed by atoms with Crippen LogP contribution in [-0.2, 0) is 6.42 Å². The molecule has 1 unspecified atom stereocenters. The van der Waals surface area contributed by atoms with Crippen LogP contribution in [0.3, 0.4) is 0 Å². The number of hydrogen-bond donors (Lipinski definition) is 2. The number of piperidine rings is 1. The van der Waals surface area contributed by atoms with Crippen LogP contribution in [0, 0.1) is 0 Å². The number of nitrogens with zero attached hydrogens (tertiary/aromatic N) is 3. The third-order valence-corrected chi connectivity index (χ3v) is 4.75. The van der Waals surface area contributed by atoms with Gasteiger partial charge in [-0.3, -0.25) is 4.79 Å². The summed E-state index contributed by atoms with van der Waals surface area (Å²) in [6, 6.07) is 6.62. The normalized spacial score (nSPS) is 17.8. The third-order valence-electron chi connectivity index (χ3n) is 4.75. The van der Waals surface area contributed by atoms with Gasteiger partial charge in [0.25, 0.3) is 5.56 Å². The molecule has 7 nitrogen and oxygen atoms in total. The summed E-state index contributed by atoms with van der Waals surface area (Å²) in [5.41, 5.74) is 0.720. The smallest absolute Gasteiger partial charge is 0.394 e. The molecular weight excluding hydrogens is 368 g/mol. The molecule has 148 valence electrons. The highest BCUT2D eigenvalue weighted by Gasteiger charge is 2.25. The van der Waals surface area contributed by atoms with Crippen molar-refractivity contribution in [2.24, 2.45) is 0 Å². The van der Waals surface area contributed by atoms with E-state index in [-0.39, 0.29) is 23.8 Å². The first-order chi connectivity index (χ1) is 13.4. The van der Waals surface area contributed by atoms with E-state index in [0.29, 0.717) is 29.3 Å². The fraction of sp³-hybridized carbons (Fsp3) is 0.421. The number of aromatic amines is 1. The number of nitrogens with one attached hydrogen (secondary N) is 2. The number of halogens is 2. The lowest BCUT2D eigenvalue weighted by atomic mass is 10.1. The van der Waals surface area contributed by atoms with Crippen LogP contribution in [-0.4, -0.2) is 38.9 Å². The van der Waals surface area contributed by atoms with Gasteiger partial charge in [-0.15, -0.1) is 0 Å². The van der Waals surface area contributed by atoms with Crippen molar-refractivity contribution in [3.63, 3.8) is 0 Å². The predicted molar refractivity (Wildman–Crippen MR) is 99.8 cm³/mol. The van der Waals surface area contributed by atoms with Crippen LogP contribution >= 0.6 is 0 Å². The van der Waals surface area contributed by atoms with Gasteiger partial charge in [0, 0.05) is 25.5 Å². The van der Waals surface area contributed by atoms with Gasteiger partial charge in [-0.25, -0.2) is 9.67 Å². The Morgan fingerprint density at radius 3 is 2.93 bits per heavy atom. The molecular formula is C19H21F2N5O2. The summed E-state index contributed by atoms with van der Waals surface area (Å²) in [6.07, 6.45) is 0.362. The van der Waals surface area contributed by atoms with Crippen molar-refractivity contribution < 1.29 is 13.5 Å². The maximum atomic E-state index is 13.3. The largest absolute Gasteiger partial charge is 0.432 e. The number of ether oxygens (including phenoxy) is 1. The van der Waals surface area contributed by atoms with Gasteiger partial charge in [0.1, 0.15) is 17.0 Å². The average molecular weight is 389 g/mol. The Hall–Kier alpha value is -2.81. The van der Waals surface area contributed by atoms with E-state index in [2.05, 4.69) is 20.4 Å². The van der Waals surface area contributed by atoms with Crippen LogP contribution in [0.25, 0.3) is 11.0 Å². The summed E-state index contributed by atoms with van der Waals surface area (Å²) >= 11 is 0. The number of alkyl halides is 2. The van der Waals surface area contributed by atoms with E-state index in [1.165, 1.54) is 12.3 Å². The van der Waals surface area contributed by atoms with Crippen LogP contribution < -0.4 is 15.6 Å². The molecule has 0 radical (unpaired) electrons. The third kappa shape index (κ3) is 3.89. The van der Waals surface area contributed by atoms with Crippen LogP contribution in [0.2, 0.25) is 0 Å². The Labute approximate surface area is 159 Å². The second kappa shape index (κ2) is 7.31. The molecule has 2 N–H and O–H groups in total. The van der Waals surface area contributed by atoms with E-state index in [1.807, 2.05) is 0 Å². The van der Waals surface area contributed by atoms with Gasteiger partial charge in [0.15, 0.2) is 5.65 Å². The second-order valence-electron chi connectivity index (χ2n) is 7.03. The van der Waals surface area contributed by atoms with E-state index < -0.39 is 6.11 Å². The molecule has 1 fully saturated rings. The van der Waals surface area contributed by atoms with Crippen LogP contribution in [0.15, 0.2) is 35.3 Å². The van der Waals surface area contributed by atoms with E-state index in [4.69, 9.17) is 4.74 Å². The van der Waals surface area contributed by atoms with Gasteiger partial charge >= 0.3 is 6.11 Å².